The number of hydrogen-bond acceptors (Lipinski definition) is 2. The molecule has 2 nitrogen and oxygen atoms in total. The van der Waals surface area contributed by atoms with Gasteiger partial charge in [0.15, 0.2) is 0 Å². The van der Waals surface area contributed by atoms with Crippen LogP contribution >= 0.6 is 0 Å². The summed E-state index contributed by atoms with van der Waals surface area (Å²) in [7, 11) is 28.8. The lowest BCUT2D eigenvalue weighted by Crippen LogP contribution is -2.53. The quantitative estimate of drug-likeness (QED) is 0.575. The summed E-state index contributed by atoms with van der Waals surface area (Å²) in [5.41, 5.74) is -0.0638. The molecule has 1 heterocycles. The summed E-state index contributed by atoms with van der Waals surface area (Å²) < 4.78 is 14.9. The van der Waals surface area contributed by atoms with Crippen LogP contribution in [-0.2, 0) is 4.74 Å². The molecule has 2 aliphatic rings. The van der Waals surface area contributed by atoms with Crippen LogP contribution in [0.2, 0.25) is 0 Å². The van der Waals surface area contributed by atoms with E-state index in [9.17, 15) is 0 Å². The van der Waals surface area contributed by atoms with E-state index in [2.05, 4.69) is 0 Å². The second kappa shape index (κ2) is 8.51. The van der Waals surface area contributed by atoms with E-state index >= 15 is 0 Å². The molecule has 0 aromatic heterocycles. The smallest absolute Gasteiger partial charge is 0.119 e. The Morgan fingerprint density at radius 1 is 1.18 bits per heavy atom. The number of nitrogens with zero attached hydrogens (tertiary/aromatic N) is 1. The van der Waals surface area contributed by atoms with Crippen molar-refractivity contribution in [2.45, 2.75) is 50.5 Å². The van der Waals surface area contributed by atoms with Crippen molar-refractivity contribution in [2.75, 3.05) is 19.6 Å². The van der Waals surface area contributed by atoms with Crippen molar-refractivity contribution in [3.05, 3.63) is 0 Å². The van der Waals surface area contributed by atoms with Crippen LogP contribution in [-0.4, -0.2) is 88.2 Å². The van der Waals surface area contributed by atoms with Crippen molar-refractivity contribution >= 4 is 58.2 Å². The summed E-state index contributed by atoms with van der Waals surface area (Å²) >= 11 is 0. The lowest BCUT2D eigenvalue weighted by atomic mass is 8.87. The zero-order chi connectivity index (χ0) is 17.1. The standard InChI is InChI=1S/C12H21B8NO/c13-18(19(14)15)10-21(20(16)17)7-3-11-4-8-22-12(9-11)5-1-2-6-12/h11H,1-10H2/i11D. The van der Waals surface area contributed by atoms with Gasteiger partial charge in [-0.25, -0.2) is 0 Å². The van der Waals surface area contributed by atoms with Crippen LogP contribution in [0.3, 0.4) is 0 Å². The van der Waals surface area contributed by atoms with Crippen LogP contribution in [0.4, 0.5) is 0 Å². The minimum absolute atomic E-state index is 0.0638. The first-order valence-electron chi connectivity index (χ1n) is 8.91. The molecule has 0 aromatic rings. The average molecular weight is 283 g/mol. The van der Waals surface area contributed by atoms with Gasteiger partial charge in [0, 0.05) is 53.0 Å². The number of rotatable bonds is 7. The molecular formula is C12H21B8NO. The molecule has 1 atom stereocenters. The van der Waals surface area contributed by atoms with Crippen molar-refractivity contribution in [3.63, 3.8) is 0 Å². The Morgan fingerprint density at radius 2 is 1.86 bits per heavy atom. The van der Waals surface area contributed by atoms with E-state index in [0.29, 0.717) is 26.0 Å². The van der Waals surface area contributed by atoms with E-state index in [1.807, 2.05) is 4.81 Å². The molecule has 1 saturated heterocycles. The Morgan fingerprint density at radius 3 is 2.45 bits per heavy atom. The highest BCUT2D eigenvalue weighted by atomic mass is 16.5. The Bertz CT molecular complexity index is 384. The summed E-state index contributed by atoms with van der Waals surface area (Å²) in [6.45, 7) is 0.286. The topological polar surface area (TPSA) is 12.5 Å². The maximum atomic E-state index is 8.84. The zero-order valence-electron chi connectivity index (χ0n) is 14.5. The molecule has 1 unspecified atom stereocenters. The molecular weight excluding hydrogens is 261 g/mol. The minimum Gasteiger partial charge on any atom is -0.375 e. The lowest BCUT2D eigenvalue weighted by molar-refractivity contribution is -0.0939. The molecule has 2 rings (SSSR count). The summed E-state index contributed by atoms with van der Waals surface area (Å²) in [5, 5.41) is 0. The predicted octanol–water partition coefficient (Wildman–Crippen LogP) is -0.657. The third-order valence-electron chi connectivity index (χ3n) is 5.06. The van der Waals surface area contributed by atoms with Crippen molar-refractivity contribution < 1.29 is 6.11 Å². The Labute approximate surface area is 145 Å². The summed E-state index contributed by atoms with van der Waals surface area (Å²) in [5.74, 6) is -0.481. The van der Waals surface area contributed by atoms with Crippen LogP contribution in [0.5, 0.6) is 0 Å². The van der Waals surface area contributed by atoms with Gasteiger partial charge in [-0.05, 0) is 44.5 Å². The van der Waals surface area contributed by atoms with E-state index in [4.69, 9.17) is 44.8 Å². The van der Waals surface area contributed by atoms with Gasteiger partial charge in [0.05, 0.1) is 12.1 Å². The van der Waals surface area contributed by atoms with Gasteiger partial charge in [-0.2, -0.15) is 0 Å². The first-order chi connectivity index (χ1) is 10.8. The van der Waals surface area contributed by atoms with Crippen LogP contribution in [0.25, 0.3) is 0 Å². The lowest BCUT2D eigenvalue weighted by Gasteiger charge is -2.39. The van der Waals surface area contributed by atoms with Gasteiger partial charge in [-0.15, -0.1) is 0 Å². The summed E-state index contributed by atoms with van der Waals surface area (Å²) in [6.07, 6.45) is 6.68. The molecule has 0 amide bonds. The van der Waals surface area contributed by atoms with E-state index in [-0.39, 0.29) is 12.1 Å². The minimum atomic E-state index is -0.622. The highest BCUT2D eigenvalue weighted by Gasteiger charge is 2.39. The van der Waals surface area contributed by atoms with Crippen molar-refractivity contribution in [1.82, 2.24) is 4.81 Å². The Hall–Kier alpha value is 0.439. The molecule has 2 fully saturated rings. The monoisotopic (exact) mass is 284 g/mol. The second-order valence-corrected chi connectivity index (χ2v) is 6.89. The van der Waals surface area contributed by atoms with Gasteiger partial charge in [0.2, 0.25) is 0 Å². The molecule has 0 bridgehead atoms. The van der Waals surface area contributed by atoms with Gasteiger partial charge in [-0.1, -0.05) is 19.3 Å². The third-order valence-corrected chi connectivity index (χ3v) is 5.06. The maximum Gasteiger partial charge on any atom is 0.119 e. The fourth-order valence-electron chi connectivity index (χ4n) is 3.62. The normalized spacial score (nSPS) is 27.8. The maximum absolute atomic E-state index is 8.84. The second-order valence-electron chi connectivity index (χ2n) is 6.89. The van der Waals surface area contributed by atoms with Gasteiger partial charge in [0.25, 0.3) is 0 Å². The first kappa shape index (κ1) is 17.3. The molecule has 1 aliphatic heterocycles. The Balaban J connectivity index is 1.90. The zero-order valence-corrected chi connectivity index (χ0v) is 13.5. The molecule has 10 heteroatoms. The van der Waals surface area contributed by atoms with Crippen LogP contribution in [0.15, 0.2) is 0 Å². The van der Waals surface area contributed by atoms with Crippen molar-refractivity contribution in [1.29, 1.82) is 0 Å². The molecule has 0 N–H and O–H groups in total. The van der Waals surface area contributed by atoms with Crippen LogP contribution < -0.4 is 0 Å². The molecule has 1 saturated carbocycles. The molecule has 1 spiro atoms. The largest absolute Gasteiger partial charge is 0.375 e. The average Bonchev–Trinajstić information content (AvgIpc) is 2.90. The van der Waals surface area contributed by atoms with E-state index in [1.165, 1.54) is 12.8 Å². The first-order valence-corrected chi connectivity index (χ1v) is 8.41. The molecule has 0 aromatic carbocycles. The third kappa shape index (κ3) is 5.23. The van der Waals surface area contributed by atoms with Crippen molar-refractivity contribution in [3.8, 4) is 0 Å². The summed E-state index contributed by atoms with van der Waals surface area (Å²) in [6, 6.07) is 0. The van der Waals surface area contributed by atoms with Crippen molar-refractivity contribution in [2.24, 2.45) is 5.89 Å². The Kier molecular flexibility index (Phi) is 6.68. The van der Waals surface area contributed by atoms with Gasteiger partial charge >= 0.3 is 0 Å². The number of hydrogen-bond donors (Lipinski definition) is 0. The SMILES string of the molecule is [2H]C1(CCN(CB([B])B([B])[B])B([B])[B])CCOC2(CCCC2)C1. The van der Waals surface area contributed by atoms with E-state index in [1.54, 1.807) is 0 Å². The van der Waals surface area contributed by atoms with Gasteiger partial charge in [-0.3, -0.25) is 0 Å². The molecule has 1 aliphatic carbocycles. The van der Waals surface area contributed by atoms with Gasteiger partial charge < -0.3 is 9.55 Å². The van der Waals surface area contributed by atoms with Gasteiger partial charge in [0.1, 0.15) is 6.63 Å². The summed E-state index contributed by atoms with van der Waals surface area (Å²) in [4.78, 5) is 1.87. The highest BCUT2D eigenvalue weighted by Crippen LogP contribution is 2.42. The number of ether oxygens (including phenoxy) is 1. The van der Waals surface area contributed by atoms with E-state index in [0.717, 1.165) is 25.7 Å². The predicted molar refractivity (Wildman–Crippen MR) is 102 cm³/mol. The fraction of sp³-hybridized carbons (Fsp3) is 1.00. The highest BCUT2D eigenvalue weighted by molar-refractivity contribution is 7.66. The fourth-order valence-corrected chi connectivity index (χ4v) is 3.62. The van der Waals surface area contributed by atoms with Crippen LogP contribution in [0, 0.1) is 5.89 Å². The molecule has 10 radical (unpaired) electrons. The molecule has 104 valence electrons. The molecule has 22 heavy (non-hydrogen) atoms. The van der Waals surface area contributed by atoms with Crippen LogP contribution in [0.1, 0.15) is 46.3 Å². The van der Waals surface area contributed by atoms with E-state index < -0.39 is 18.9 Å².